The van der Waals surface area contributed by atoms with E-state index in [9.17, 15) is 4.79 Å². The quantitative estimate of drug-likeness (QED) is 0.832. The third-order valence-electron chi connectivity index (χ3n) is 3.26. The molecule has 1 atom stereocenters. The van der Waals surface area contributed by atoms with Crippen LogP contribution in [-0.4, -0.2) is 36.3 Å². The Hall–Kier alpha value is -2.25. The third-order valence-corrected chi connectivity index (χ3v) is 3.26. The van der Waals surface area contributed by atoms with Crippen molar-refractivity contribution in [1.29, 1.82) is 0 Å². The molecular weight excluding hydrogens is 258 g/mol. The second kappa shape index (κ2) is 5.81. The van der Waals surface area contributed by atoms with Crippen LogP contribution in [0, 0.1) is 20.8 Å². The topological polar surface area (TPSA) is 101 Å². The summed E-state index contributed by atoms with van der Waals surface area (Å²) in [5.74, 6) is 0.666. The van der Waals surface area contributed by atoms with E-state index in [1.54, 1.807) is 11.6 Å². The van der Waals surface area contributed by atoms with Crippen LogP contribution in [-0.2, 0) is 11.3 Å². The summed E-state index contributed by atoms with van der Waals surface area (Å²) >= 11 is 0. The fourth-order valence-electron chi connectivity index (χ4n) is 2.25. The van der Waals surface area contributed by atoms with Crippen LogP contribution >= 0.6 is 0 Å². The molecular formula is C12H19N7O. The van der Waals surface area contributed by atoms with Gasteiger partial charge >= 0.3 is 0 Å². The van der Waals surface area contributed by atoms with Crippen molar-refractivity contribution in [3.8, 4) is 0 Å². The Morgan fingerprint density at radius 3 is 2.70 bits per heavy atom. The van der Waals surface area contributed by atoms with Gasteiger partial charge < -0.3 is 5.32 Å². The molecule has 8 heteroatoms. The maximum atomic E-state index is 12.0. The van der Waals surface area contributed by atoms with Crippen molar-refractivity contribution in [1.82, 2.24) is 35.7 Å². The minimum atomic E-state index is -0.0729. The van der Waals surface area contributed by atoms with Crippen molar-refractivity contribution < 1.29 is 4.79 Å². The van der Waals surface area contributed by atoms with Gasteiger partial charge in [0.15, 0.2) is 0 Å². The fraction of sp³-hybridized carbons (Fsp3) is 0.583. The lowest BCUT2D eigenvalue weighted by molar-refractivity contribution is -0.122. The first kappa shape index (κ1) is 14.2. The number of tetrazole rings is 1. The second-order valence-corrected chi connectivity index (χ2v) is 4.84. The van der Waals surface area contributed by atoms with Crippen molar-refractivity contribution in [3.05, 3.63) is 22.8 Å². The molecule has 2 aromatic heterocycles. The number of nitrogens with zero attached hydrogens (tertiary/aromatic N) is 5. The van der Waals surface area contributed by atoms with Gasteiger partial charge in [-0.2, -0.15) is 5.10 Å². The number of aryl methyl sites for hydroxylation is 4. The molecule has 0 aliphatic heterocycles. The zero-order chi connectivity index (χ0) is 14.7. The van der Waals surface area contributed by atoms with Gasteiger partial charge in [-0.15, -0.1) is 5.10 Å². The van der Waals surface area contributed by atoms with E-state index in [1.807, 2.05) is 20.8 Å². The number of H-pyrrole nitrogens is 1. The number of hydrogen-bond acceptors (Lipinski definition) is 5. The Labute approximate surface area is 117 Å². The van der Waals surface area contributed by atoms with E-state index in [0.717, 1.165) is 17.0 Å². The van der Waals surface area contributed by atoms with Crippen molar-refractivity contribution in [3.63, 3.8) is 0 Å². The maximum Gasteiger partial charge on any atom is 0.222 e. The minimum Gasteiger partial charge on any atom is -0.349 e. The van der Waals surface area contributed by atoms with Crippen LogP contribution in [0.15, 0.2) is 0 Å². The van der Waals surface area contributed by atoms with Crippen molar-refractivity contribution in [2.45, 2.75) is 46.7 Å². The molecule has 0 saturated heterocycles. The maximum absolute atomic E-state index is 12.0. The molecule has 20 heavy (non-hydrogen) atoms. The van der Waals surface area contributed by atoms with Crippen LogP contribution in [0.1, 0.15) is 42.2 Å². The second-order valence-electron chi connectivity index (χ2n) is 4.84. The summed E-state index contributed by atoms with van der Waals surface area (Å²) in [6.45, 7) is 8.10. The molecule has 0 aliphatic carbocycles. The van der Waals surface area contributed by atoms with Crippen LogP contribution in [0.2, 0.25) is 0 Å². The van der Waals surface area contributed by atoms with E-state index >= 15 is 0 Å². The fourth-order valence-corrected chi connectivity index (χ4v) is 2.25. The lowest BCUT2D eigenvalue weighted by atomic mass is 10.1. The SMILES string of the molecule is Cc1n[nH]c(C)c1[C@@H](C)NC(=O)CCn1nnnc1C. The molecule has 0 aromatic carbocycles. The molecule has 2 rings (SSSR count). The molecule has 8 nitrogen and oxygen atoms in total. The zero-order valence-electron chi connectivity index (χ0n) is 12.1. The highest BCUT2D eigenvalue weighted by atomic mass is 16.1. The molecule has 0 saturated carbocycles. The predicted molar refractivity (Wildman–Crippen MR) is 71.8 cm³/mol. The molecule has 0 fully saturated rings. The van der Waals surface area contributed by atoms with Crippen LogP contribution < -0.4 is 5.32 Å². The van der Waals surface area contributed by atoms with Gasteiger partial charge in [0.2, 0.25) is 5.91 Å². The van der Waals surface area contributed by atoms with Crippen molar-refractivity contribution in [2.24, 2.45) is 0 Å². The number of aromatic amines is 1. The molecule has 0 bridgehead atoms. The van der Waals surface area contributed by atoms with E-state index in [2.05, 4.69) is 31.0 Å². The standard InChI is InChI=1S/C12H19N7O/c1-7(12-8(2)14-15-9(12)3)13-11(20)5-6-19-10(4)16-17-18-19/h7H,5-6H2,1-4H3,(H,13,20)(H,14,15)/t7-/m1/s1. The van der Waals surface area contributed by atoms with E-state index in [4.69, 9.17) is 0 Å². The molecule has 0 unspecified atom stereocenters. The molecule has 108 valence electrons. The predicted octanol–water partition coefficient (Wildman–Crippen LogP) is 0.589. The number of hydrogen-bond donors (Lipinski definition) is 2. The Morgan fingerprint density at radius 1 is 1.40 bits per heavy atom. The van der Waals surface area contributed by atoms with E-state index in [1.165, 1.54) is 0 Å². The van der Waals surface area contributed by atoms with Crippen LogP contribution in [0.4, 0.5) is 0 Å². The lowest BCUT2D eigenvalue weighted by Crippen LogP contribution is -2.28. The zero-order valence-corrected chi connectivity index (χ0v) is 12.1. The Kier molecular flexibility index (Phi) is 4.11. The summed E-state index contributed by atoms with van der Waals surface area (Å²) in [5.41, 5.74) is 2.93. The van der Waals surface area contributed by atoms with Gasteiger partial charge in [-0.25, -0.2) is 4.68 Å². The number of aromatic nitrogens is 6. The van der Waals surface area contributed by atoms with E-state index < -0.39 is 0 Å². The highest BCUT2D eigenvalue weighted by Crippen LogP contribution is 2.18. The van der Waals surface area contributed by atoms with Gasteiger partial charge in [0.25, 0.3) is 0 Å². The normalized spacial score (nSPS) is 12.4. The van der Waals surface area contributed by atoms with Crippen molar-refractivity contribution >= 4 is 5.91 Å². The molecule has 0 radical (unpaired) electrons. The van der Waals surface area contributed by atoms with Crippen LogP contribution in [0.3, 0.4) is 0 Å². The highest BCUT2D eigenvalue weighted by molar-refractivity contribution is 5.76. The first-order valence-electron chi connectivity index (χ1n) is 6.52. The molecule has 1 amide bonds. The number of carbonyl (C=O) groups excluding carboxylic acids is 1. The minimum absolute atomic E-state index is 0.0348. The van der Waals surface area contributed by atoms with Crippen LogP contribution in [0.5, 0.6) is 0 Å². The van der Waals surface area contributed by atoms with Gasteiger partial charge in [-0.1, -0.05) is 0 Å². The Bertz CT molecular complexity index is 581. The number of carbonyl (C=O) groups is 1. The van der Waals surface area contributed by atoms with Gasteiger partial charge in [0.05, 0.1) is 18.3 Å². The Balaban J connectivity index is 1.90. The van der Waals surface area contributed by atoms with Crippen molar-refractivity contribution in [2.75, 3.05) is 0 Å². The van der Waals surface area contributed by atoms with Gasteiger partial charge in [-0.3, -0.25) is 9.89 Å². The van der Waals surface area contributed by atoms with Gasteiger partial charge in [0, 0.05) is 17.7 Å². The van der Waals surface area contributed by atoms with Gasteiger partial charge in [-0.05, 0) is 38.1 Å². The largest absolute Gasteiger partial charge is 0.349 e. The number of nitrogens with one attached hydrogen (secondary N) is 2. The summed E-state index contributed by atoms with van der Waals surface area (Å²) in [5, 5.41) is 21.1. The first-order chi connectivity index (χ1) is 9.49. The summed E-state index contributed by atoms with van der Waals surface area (Å²) in [6.07, 6.45) is 0.339. The first-order valence-corrected chi connectivity index (χ1v) is 6.52. The molecule has 2 N–H and O–H groups in total. The molecule has 0 spiro atoms. The lowest BCUT2D eigenvalue weighted by Gasteiger charge is -2.14. The average Bonchev–Trinajstić information content (AvgIpc) is 2.93. The monoisotopic (exact) mass is 277 g/mol. The van der Waals surface area contributed by atoms with Crippen LogP contribution in [0.25, 0.3) is 0 Å². The number of rotatable bonds is 5. The Morgan fingerprint density at radius 2 is 2.15 bits per heavy atom. The third kappa shape index (κ3) is 3.01. The summed E-state index contributed by atoms with van der Waals surface area (Å²) in [4.78, 5) is 12.0. The van der Waals surface area contributed by atoms with Gasteiger partial charge in [0.1, 0.15) is 5.82 Å². The molecule has 0 aliphatic rings. The average molecular weight is 277 g/mol. The molecule has 2 heterocycles. The van der Waals surface area contributed by atoms with E-state index in [-0.39, 0.29) is 11.9 Å². The smallest absolute Gasteiger partial charge is 0.222 e. The highest BCUT2D eigenvalue weighted by Gasteiger charge is 2.16. The molecule has 2 aromatic rings. The summed E-state index contributed by atoms with van der Waals surface area (Å²) in [7, 11) is 0. The number of amides is 1. The van der Waals surface area contributed by atoms with E-state index in [0.29, 0.717) is 18.8 Å². The summed E-state index contributed by atoms with van der Waals surface area (Å²) in [6, 6.07) is -0.0729. The summed E-state index contributed by atoms with van der Waals surface area (Å²) < 4.78 is 1.61.